The summed E-state index contributed by atoms with van der Waals surface area (Å²) in [6.45, 7) is 2.18. The monoisotopic (exact) mass is 640 g/mol. The summed E-state index contributed by atoms with van der Waals surface area (Å²) in [6.07, 6.45) is 1.53. The van der Waals surface area contributed by atoms with Crippen LogP contribution in [-0.2, 0) is 11.4 Å². The highest BCUT2D eigenvalue weighted by Gasteiger charge is 2.14. The molecule has 0 fully saturated rings. The summed E-state index contributed by atoms with van der Waals surface area (Å²) in [6, 6.07) is 18.3. The molecule has 0 aliphatic rings. The lowest BCUT2D eigenvalue weighted by molar-refractivity contribution is -0.112. The minimum Gasteiger partial charge on any atom is -0.487 e. The van der Waals surface area contributed by atoms with Gasteiger partial charge < -0.3 is 10.1 Å². The van der Waals surface area contributed by atoms with E-state index in [4.69, 9.17) is 27.9 Å². The maximum atomic E-state index is 12.6. The third-order valence-electron chi connectivity index (χ3n) is 4.51. The number of carbonyl (C=O) groups is 1. The first-order valence-electron chi connectivity index (χ1n) is 9.33. The van der Waals surface area contributed by atoms with Gasteiger partial charge in [-0.05, 0) is 105 Å². The van der Waals surface area contributed by atoms with Gasteiger partial charge in [-0.15, -0.1) is 0 Å². The van der Waals surface area contributed by atoms with Crippen LogP contribution in [0.15, 0.2) is 64.6 Å². The molecule has 3 aromatic rings. The molecule has 1 N–H and O–H groups in total. The van der Waals surface area contributed by atoms with Crippen LogP contribution in [0, 0.1) is 21.8 Å². The van der Waals surface area contributed by atoms with E-state index in [-0.39, 0.29) is 5.57 Å². The third-order valence-corrected chi connectivity index (χ3v) is 6.56. The number of hydrogen-bond donors (Lipinski definition) is 1. The molecule has 0 aliphatic heterocycles. The van der Waals surface area contributed by atoms with Gasteiger partial charge in [0.25, 0.3) is 5.91 Å². The van der Waals surface area contributed by atoms with Crippen LogP contribution in [0.2, 0.25) is 10.0 Å². The maximum Gasteiger partial charge on any atom is 0.266 e. The Morgan fingerprint density at radius 3 is 2.59 bits per heavy atom. The Balaban J connectivity index is 1.78. The number of anilines is 1. The lowest BCUT2D eigenvalue weighted by atomic mass is 10.1. The molecule has 0 saturated carbocycles. The molecule has 0 radical (unpaired) electrons. The predicted octanol–water partition coefficient (Wildman–Crippen LogP) is 7.79. The summed E-state index contributed by atoms with van der Waals surface area (Å²) in [4.78, 5) is 12.6. The molecule has 1 amide bonds. The largest absolute Gasteiger partial charge is 0.487 e. The Hall–Kier alpha value is -2.05. The van der Waals surface area contributed by atoms with Crippen LogP contribution in [0.1, 0.15) is 16.7 Å². The van der Waals surface area contributed by atoms with E-state index in [1.165, 1.54) is 6.08 Å². The molecule has 0 saturated heterocycles. The van der Waals surface area contributed by atoms with E-state index >= 15 is 0 Å². The molecular weight excluding hydrogens is 626 g/mol. The topological polar surface area (TPSA) is 62.1 Å². The molecule has 0 spiro atoms. The predicted molar refractivity (Wildman–Crippen MR) is 141 cm³/mol. The number of ether oxygens (including phenoxy) is 1. The standard InChI is InChI=1S/C24H16BrCl2IN2O2/c1-14-20(27)3-2-4-22(14)30-24(31)17(12-29)9-16-10-19(25)23(21(28)11-16)32-13-15-5-7-18(26)8-6-15/h2-11H,13H2,1H3,(H,30,31)/b17-9-. The Labute approximate surface area is 218 Å². The molecule has 0 atom stereocenters. The number of benzene rings is 3. The second kappa shape index (κ2) is 11.2. The average molecular weight is 642 g/mol. The van der Waals surface area contributed by atoms with Crippen molar-refractivity contribution in [2.45, 2.75) is 13.5 Å². The number of halogens is 4. The van der Waals surface area contributed by atoms with Crippen LogP contribution in [0.25, 0.3) is 6.08 Å². The molecule has 0 aliphatic carbocycles. The zero-order chi connectivity index (χ0) is 23.3. The molecule has 0 unspecified atom stereocenters. The summed E-state index contributed by atoms with van der Waals surface area (Å²) in [5.41, 5.74) is 2.95. The van der Waals surface area contributed by atoms with Crippen LogP contribution in [0.3, 0.4) is 0 Å². The lowest BCUT2D eigenvalue weighted by Gasteiger charge is -2.12. The van der Waals surface area contributed by atoms with Crippen LogP contribution in [0.4, 0.5) is 5.69 Å². The van der Waals surface area contributed by atoms with E-state index in [2.05, 4.69) is 43.8 Å². The van der Waals surface area contributed by atoms with Crippen molar-refractivity contribution in [1.29, 1.82) is 5.26 Å². The highest BCUT2D eigenvalue weighted by atomic mass is 127. The molecular formula is C24H16BrCl2IN2O2. The Kier molecular flexibility index (Phi) is 8.60. The third kappa shape index (κ3) is 6.26. The van der Waals surface area contributed by atoms with Crippen molar-refractivity contribution in [3.63, 3.8) is 0 Å². The van der Waals surface area contributed by atoms with Crippen LogP contribution in [-0.4, -0.2) is 5.91 Å². The van der Waals surface area contributed by atoms with Crippen LogP contribution >= 0.6 is 61.7 Å². The molecule has 3 aromatic carbocycles. The number of nitrogens with one attached hydrogen (secondary N) is 1. The molecule has 0 bridgehead atoms. The summed E-state index contributed by atoms with van der Waals surface area (Å²) < 4.78 is 7.51. The second-order valence-electron chi connectivity index (χ2n) is 6.77. The smallest absolute Gasteiger partial charge is 0.266 e. The summed E-state index contributed by atoms with van der Waals surface area (Å²) in [5, 5.41) is 13.5. The molecule has 3 rings (SSSR count). The van der Waals surface area contributed by atoms with Gasteiger partial charge in [0.1, 0.15) is 24.0 Å². The highest BCUT2D eigenvalue weighted by Crippen LogP contribution is 2.33. The van der Waals surface area contributed by atoms with Crippen molar-refractivity contribution in [3.05, 3.63) is 94.9 Å². The van der Waals surface area contributed by atoms with Gasteiger partial charge in [-0.2, -0.15) is 5.26 Å². The van der Waals surface area contributed by atoms with E-state index in [1.807, 2.05) is 36.4 Å². The van der Waals surface area contributed by atoms with Crippen molar-refractivity contribution in [2.24, 2.45) is 0 Å². The molecule has 4 nitrogen and oxygen atoms in total. The summed E-state index contributed by atoms with van der Waals surface area (Å²) in [5.74, 6) is 0.169. The first kappa shape index (κ1) is 24.6. The van der Waals surface area contributed by atoms with Gasteiger partial charge in [-0.3, -0.25) is 4.79 Å². The van der Waals surface area contributed by atoms with Crippen LogP contribution in [0.5, 0.6) is 5.75 Å². The average Bonchev–Trinajstić information content (AvgIpc) is 2.76. The zero-order valence-electron chi connectivity index (χ0n) is 16.8. The molecule has 162 valence electrons. The van der Waals surface area contributed by atoms with Crippen molar-refractivity contribution < 1.29 is 9.53 Å². The summed E-state index contributed by atoms with van der Waals surface area (Å²) >= 11 is 17.7. The van der Waals surface area contributed by atoms with Crippen molar-refractivity contribution in [3.8, 4) is 11.8 Å². The molecule has 32 heavy (non-hydrogen) atoms. The maximum absolute atomic E-state index is 12.6. The molecule has 0 heterocycles. The van der Waals surface area contributed by atoms with Crippen molar-refractivity contribution in [1.82, 2.24) is 0 Å². The van der Waals surface area contributed by atoms with Gasteiger partial charge >= 0.3 is 0 Å². The van der Waals surface area contributed by atoms with E-state index in [1.54, 1.807) is 31.2 Å². The minimum atomic E-state index is -0.507. The van der Waals surface area contributed by atoms with Gasteiger partial charge in [0.05, 0.1) is 8.04 Å². The lowest BCUT2D eigenvalue weighted by Crippen LogP contribution is -2.14. The first-order chi connectivity index (χ1) is 15.3. The number of carbonyl (C=O) groups excluding carboxylic acids is 1. The minimum absolute atomic E-state index is 0.0260. The first-order valence-corrected chi connectivity index (χ1v) is 12.0. The fraction of sp³-hybridized carbons (Fsp3) is 0.0833. The van der Waals surface area contributed by atoms with Gasteiger partial charge in [0.15, 0.2) is 0 Å². The van der Waals surface area contributed by atoms with E-state index in [0.29, 0.717) is 38.1 Å². The Morgan fingerprint density at radius 2 is 1.94 bits per heavy atom. The van der Waals surface area contributed by atoms with Gasteiger partial charge in [-0.1, -0.05) is 41.4 Å². The highest BCUT2D eigenvalue weighted by molar-refractivity contribution is 14.1. The fourth-order valence-electron chi connectivity index (χ4n) is 2.78. The van der Waals surface area contributed by atoms with Gasteiger partial charge in [-0.25, -0.2) is 0 Å². The van der Waals surface area contributed by atoms with Gasteiger partial charge in [0, 0.05) is 15.7 Å². The quantitative estimate of drug-likeness (QED) is 0.170. The second-order valence-corrected chi connectivity index (χ2v) is 9.63. The van der Waals surface area contributed by atoms with E-state index in [9.17, 15) is 10.1 Å². The van der Waals surface area contributed by atoms with Gasteiger partial charge in [0.2, 0.25) is 0 Å². The number of rotatable bonds is 6. The molecule has 0 aromatic heterocycles. The fourth-order valence-corrected chi connectivity index (χ4v) is 4.85. The SMILES string of the molecule is Cc1c(Cl)cccc1NC(=O)/C(C#N)=C\c1cc(Br)c(OCc2ccc(Cl)cc2)c(I)c1. The zero-order valence-corrected chi connectivity index (χ0v) is 22.0. The van der Waals surface area contributed by atoms with E-state index < -0.39 is 5.91 Å². The number of hydrogen-bond acceptors (Lipinski definition) is 3. The summed E-state index contributed by atoms with van der Waals surface area (Å²) in [7, 11) is 0. The van der Waals surface area contributed by atoms with E-state index in [0.717, 1.165) is 14.7 Å². The Bertz CT molecular complexity index is 1210. The van der Waals surface area contributed by atoms with Crippen molar-refractivity contribution >= 4 is 79.4 Å². The normalized spacial score (nSPS) is 11.1. The number of nitriles is 1. The molecule has 8 heteroatoms. The van der Waals surface area contributed by atoms with Crippen molar-refractivity contribution in [2.75, 3.05) is 5.32 Å². The Morgan fingerprint density at radius 1 is 1.22 bits per heavy atom. The number of amides is 1. The number of nitrogens with zero attached hydrogens (tertiary/aromatic N) is 1. The van der Waals surface area contributed by atoms with Crippen LogP contribution < -0.4 is 10.1 Å².